The first-order valence-corrected chi connectivity index (χ1v) is 7.29. The van der Waals surface area contributed by atoms with Gasteiger partial charge in [0.15, 0.2) is 0 Å². The predicted molar refractivity (Wildman–Crippen MR) is 86.3 cm³/mol. The molecule has 1 aliphatic rings. The molecule has 0 fully saturated rings. The molecule has 0 amide bonds. The van der Waals surface area contributed by atoms with Crippen LogP contribution >= 0.6 is 11.6 Å². The molecule has 4 nitrogen and oxygen atoms in total. The molecule has 1 unspecified atom stereocenters. The number of carbonyl (C=O) groups is 1. The van der Waals surface area contributed by atoms with E-state index in [-0.39, 0.29) is 12.0 Å². The van der Waals surface area contributed by atoms with Crippen molar-refractivity contribution in [1.82, 2.24) is 4.98 Å². The molecule has 23 heavy (non-hydrogen) atoms. The number of hydrogen-bond acceptors (Lipinski definition) is 3. The summed E-state index contributed by atoms with van der Waals surface area (Å²) in [5.74, 6) is -0.514. The van der Waals surface area contributed by atoms with Crippen molar-refractivity contribution in [1.29, 1.82) is 0 Å². The summed E-state index contributed by atoms with van der Waals surface area (Å²) in [6, 6.07) is 4.54. The number of pyridine rings is 1. The van der Waals surface area contributed by atoms with Gasteiger partial charge in [-0.3, -0.25) is 4.98 Å². The van der Waals surface area contributed by atoms with Crippen molar-refractivity contribution in [2.45, 2.75) is 12.6 Å². The van der Waals surface area contributed by atoms with Gasteiger partial charge in [0.2, 0.25) is 0 Å². The van der Waals surface area contributed by atoms with Crippen LogP contribution in [0.15, 0.2) is 42.3 Å². The quantitative estimate of drug-likeness (QED) is 0.912. The number of ether oxygens (including phenoxy) is 1. The Morgan fingerprint density at radius 2 is 2.17 bits per heavy atom. The van der Waals surface area contributed by atoms with E-state index in [0.29, 0.717) is 32.8 Å². The number of fused-ring (bicyclic) bond motifs is 1. The van der Waals surface area contributed by atoms with Crippen LogP contribution in [0.5, 0.6) is 0 Å². The standard InChI is InChI=1S/C17H13ClFNO3/c1-23-10-3-5-12(15(19)7-10)16-13-6-9(17(21)22)2-4-11(13)14(18)8-20-16/h2-6,8,15H,7H2,1H3,(H,21,22). The van der Waals surface area contributed by atoms with E-state index < -0.39 is 12.1 Å². The third-order valence-electron chi connectivity index (χ3n) is 3.79. The average molecular weight is 334 g/mol. The molecule has 6 heteroatoms. The fourth-order valence-corrected chi connectivity index (χ4v) is 2.81. The Morgan fingerprint density at radius 3 is 2.83 bits per heavy atom. The normalized spacial score (nSPS) is 17.6. The summed E-state index contributed by atoms with van der Waals surface area (Å²) < 4.78 is 19.5. The molecule has 0 spiro atoms. The molecule has 2 aromatic rings. The summed E-state index contributed by atoms with van der Waals surface area (Å²) >= 11 is 6.13. The van der Waals surface area contributed by atoms with Gasteiger partial charge in [-0.15, -0.1) is 0 Å². The molecule has 3 rings (SSSR count). The minimum atomic E-state index is -1.28. The summed E-state index contributed by atoms with van der Waals surface area (Å²) in [4.78, 5) is 15.4. The Bertz CT molecular complexity index is 860. The van der Waals surface area contributed by atoms with Crippen LogP contribution in [0.2, 0.25) is 5.02 Å². The molecule has 1 heterocycles. The Hall–Kier alpha value is -2.40. The fourth-order valence-electron chi connectivity index (χ4n) is 2.59. The van der Waals surface area contributed by atoms with E-state index in [9.17, 15) is 9.18 Å². The molecule has 1 N–H and O–H groups in total. The van der Waals surface area contributed by atoms with Crippen LogP contribution in [0.25, 0.3) is 16.3 Å². The highest BCUT2D eigenvalue weighted by atomic mass is 35.5. The van der Waals surface area contributed by atoms with Crippen molar-refractivity contribution in [3.05, 3.63) is 58.6 Å². The summed E-state index contributed by atoms with van der Waals surface area (Å²) in [5, 5.41) is 10.7. The smallest absolute Gasteiger partial charge is 0.335 e. The number of aromatic carboxylic acids is 1. The predicted octanol–water partition coefficient (Wildman–Crippen LogP) is 4.24. The summed E-state index contributed by atoms with van der Waals surface area (Å²) in [7, 11) is 1.49. The summed E-state index contributed by atoms with van der Waals surface area (Å²) in [6.07, 6.45) is 3.58. The molecule has 0 bridgehead atoms. The molecule has 0 aliphatic heterocycles. The number of aromatic nitrogens is 1. The van der Waals surface area contributed by atoms with Crippen molar-refractivity contribution < 1.29 is 19.0 Å². The number of hydrogen-bond donors (Lipinski definition) is 1. The van der Waals surface area contributed by atoms with Gasteiger partial charge in [-0.2, -0.15) is 0 Å². The number of allylic oxidation sites excluding steroid dienone is 4. The Kier molecular flexibility index (Phi) is 4.05. The highest BCUT2D eigenvalue weighted by Gasteiger charge is 2.24. The molecule has 1 aliphatic carbocycles. The topological polar surface area (TPSA) is 59.4 Å². The summed E-state index contributed by atoms with van der Waals surface area (Å²) in [6.45, 7) is 0. The number of alkyl halides is 1. The first kappa shape index (κ1) is 15.5. The Labute approximate surface area is 136 Å². The molecular formula is C17H13ClFNO3. The van der Waals surface area contributed by atoms with Gasteiger partial charge >= 0.3 is 5.97 Å². The van der Waals surface area contributed by atoms with Crippen molar-refractivity contribution in [2.24, 2.45) is 0 Å². The molecule has 1 atom stereocenters. The van der Waals surface area contributed by atoms with Gasteiger partial charge in [0.1, 0.15) is 6.17 Å². The minimum Gasteiger partial charge on any atom is -0.501 e. The van der Waals surface area contributed by atoms with Crippen LogP contribution in [-0.2, 0) is 4.74 Å². The lowest BCUT2D eigenvalue weighted by atomic mass is 9.94. The number of benzene rings is 1. The van der Waals surface area contributed by atoms with Crippen molar-refractivity contribution in [3.8, 4) is 0 Å². The van der Waals surface area contributed by atoms with Gasteiger partial charge in [0.05, 0.1) is 29.1 Å². The highest BCUT2D eigenvalue weighted by Crippen LogP contribution is 2.35. The molecule has 1 aromatic heterocycles. The second-order valence-corrected chi connectivity index (χ2v) is 5.56. The zero-order valence-corrected chi connectivity index (χ0v) is 13.0. The number of carboxylic acid groups (broad SMARTS) is 1. The Balaban J connectivity index is 2.23. The van der Waals surface area contributed by atoms with Gasteiger partial charge in [0.25, 0.3) is 0 Å². The molecule has 0 radical (unpaired) electrons. The second kappa shape index (κ2) is 6.01. The van der Waals surface area contributed by atoms with Gasteiger partial charge in [-0.05, 0) is 18.2 Å². The molecular weight excluding hydrogens is 321 g/mol. The first-order chi connectivity index (χ1) is 11.0. The number of nitrogens with zero attached hydrogens (tertiary/aromatic N) is 1. The van der Waals surface area contributed by atoms with E-state index in [2.05, 4.69) is 4.98 Å². The second-order valence-electron chi connectivity index (χ2n) is 5.15. The third kappa shape index (κ3) is 2.80. The maximum Gasteiger partial charge on any atom is 0.335 e. The lowest BCUT2D eigenvalue weighted by Crippen LogP contribution is -2.11. The van der Waals surface area contributed by atoms with Crippen LogP contribution in [0.3, 0.4) is 0 Å². The maximum atomic E-state index is 14.5. The van der Waals surface area contributed by atoms with Crippen LogP contribution in [0.1, 0.15) is 22.5 Å². The molecule has 118 valence electrons. The van der Waals surface area contributed by atoms with Crippen LogP contribution in [0.4, 0.5) is 4.39 Å². The Morgan fingerprint density at radius 1 is 1.39 bits per heavy atom. The van der Waals surface area contributed by atoms with Gasteiger partial charge in [-0.1, -0.05) is 23.7 Å². The van der Waals surface area contributed by atoms with Crippen molar-refractivity contribution in [2.75, 3.05) is 7.11 Å². The third-order valence-corrected chi connectivity index (χ3v) is 4.09. The minimum absolute atomic E-state index is 0.0998. The van der Waals surface area contributed by atoms with E-state index in [1.54, 1.807) is 18.2 Å². The first-order valence-electron chi connectivity index (χ1n) is 6.92. The van der Waals surface area contributed by atoms with Crippen LogP contribution < -0.4 is 0 Å². The maximum absolute atomic E-state index is 14.5. The number of methoxy groups -OCH3 is 1. The monoisotopic (exact) mass is 333 g/mol. The fraction of sp³-hybridized carbons (Fsp3) is 0.176. The zero-order valence-electron chi connectivity index (χ0n) is 12.2. The lowest BCUT2D eigenvalue weighted by molar-refractivity contribution is 0.0697. The van der Waals surface area contributed by atoms with Crippen LogP contribution in [-0.4, -0.2) is 29.3 Å². The van der Waals surface area contributed by atoms with Gasteiger partial charge in [-0.25, -0.2) is 9.18 Å². The van der Waals surface area contributed by atoms with E-state index in [0.717, 1.165) is 0 Å². The van der Waals surface area contributed by atoms with Gasteiger partial charge in [0, 0.05) is 29.0 Å². The SMILES string of the molecule is COC1=CC=C(c2ncc(Cl)c3ccc(C(=O)O)cc23)C(F)C1. The van der Waals surface area contributed by atoms with E-state index >= 15 is 0 Å². The number of rotatable bonds is 3. The highest BCUT2D eigenvalue weighted by molar-refractivity contribution is 6.35. The largest absolute Gasteiger partial charge is 0.501 e. The number of carboxylic acids is 1. The van der Waals surface area contributed by atoms with E-state index in [4.69, 9.17) is 21.4 Å². The van der Waals surface area contributed by atoms with E-state index in [1.807, 2.05) is 0 Å². The molecule has 0 saturated heterocycles. The lowest BCUT2D eigenvalue weighted by Gasteiger charge is -2.19. The summed E-state index contributed by atoms with van der Waals surface area (Å²) in [5.41, 5.74) is 0.879. The molecule has 1 aromatic carbocycles. The van der Waals surface area contributed by atoms with Crippen molar-refractivity contribution in [3.63, 3.8) is 0 Å². The number of halogens is 2. The van der Waals surface area contributed by atoms with E-state index in [1.165, 1.54) is 25.4 Å². The van der Waals surface area contributed by atoms with Gasteiger partial charge < -0.3 is 9.84 Å². The van der Waals surface area contributed by atoms with Crippen LogP contribution in [0, 0.1) is 0 Å². The molecule has 0 saturated carbocycles. The zero-order chi connectivity index (χ0) is 16.6. The average Bonchev–Trinajstić information content (AvgIpc) is 2.55. The van der Waals surface area contributed by atoms with Crippen molar-refractivity contribution >= 4 is 33.9 Å².